The Balaban J connectivity index is 1.17. The molecule has 1 fully saturated rings. The van der Waals surface area contributed by atoms with E-state index in [2.05, 4.69) is 20.2 Å². The largest absolute Gasteiger partial charge is 0.378 e. The van der Waals surface area contributed by atoms with Crippen molar-refractivity contribution in [1.82, 2.24) is 9.97 Å². The van der Waals surface area contributed by atoms with Crippen LogP contribution in [0.5, 0.6) is 0 Å². The Bertz CT molecular complexity index is 1440. The van der Waals surface area contributed by atoms with Gasteiger partial charge in [-0.25, -0.2) is 14.9 Å². The molecule has 0 spiro atoms. The van der Waals surface area contributed by atoms with Gasteiger partial charge in [-0.2, -0.15) is 0 Å². The number of hydrogen-bond acceptors (Lipinski definition) is 7. The number of ether oxygens (including phenoxy) is 1. The Kier molecular flexibility index (Phi) is 5.38. The van der Waals surface area contributed by atoms with Gasteiger partial charge in [-0.15, -0.1) is 0 Å². The summed E-state index contributed by atoms with van der Waals surface area (Å²) >= 11 is 0. The van der Waals surface area contributed by atoms with Gasteiger partial charge in [-0.3, -0.25) is 14.4 Å². The van der Waals surface area contributed by atoms with E-state index in [0.717, 1.165) is 23.7 Å². The molecule has 3 amide bonds. The van der Waals surface area contributed by atoms with Gasteiger partial charge < -0.3 is 15.0 Å². The fraction of sp³-hybridized carbons (Fsp3) is 0.148. The predicted octanol–water partition coefficient (Wildman–Crippen LogP) is 3.52. The van der Waals surface area contributed by atoms with Gasteiger partial charge in [0, 0.05) is 30.0 Å². The molecule has 0 unspecified atom stereocenters. The molecule has 0 aliphatic carbocycles. The van der Waals surface area contributed by atoms with Gasteiger partial charge in [0.15, 0.2) is 11.4 Å². The summed E-state index contributed by atoms with van der Waals surface area (Å²) in [6.07, 6.45) is 0. The van der Waals surface area contributed by atoms with Crippen LogP contribution in [0.3, 0.4) is 0 Å². The zero-order chi connectivity index (χ0) is 24.6. The number of benzene rings is 3. The standard InChI is InChI=1S/C27H21N5O4/c33-25(28-18-7-11-19(12-8-18)31-13-15-36-16-14-31)17-5-9-20(10-6-17)32-26(34)23-24(27(32)35)30-22-4-2-1-3-21(22)29-23/h1-12H,13-16H2,(H,28,33). The van der Waals surface area contributed by atoms with Crippen molar-refractivity contribution in [3.63, 3.8) is 0 Å². The summed E-state index contributed by atoms with van der Waals surface area (Å²) in [4.78, 5) is 50.7. The first kappa shape index (κ1) is 21.9. The molecule has 6 rings (SSSR count). The highest BCUT2D eigenvalue weighted by Crippen LogP contribution is 2.28. The average molecular weight is 479 g/mol. The van der Waals surface area contributed by atoms with Crippen LogP contribution in [0.4, 0.5) is 17.1 Å². The number of para-hydroxylation sites is 2. The zero-order valence-corrected chi connectivity index (χ0v) is 19.2. The zero-order valence-electron chi connectivity index (χ0n) is 19.2. The Morgan fingerprint density at radius 3 is 1.89 bits per heavy atom. The first-order valence-corrected chi connectivity index (χ1v) is 11.6. The number of morpholine rings is 1. The molecule has 0 atom stereocenters. The van der Waals surface area contributed by atoms with Crippen molar-refractivity contribution in [2.45, 2.75) is 0 Å². The predicted molar refractivity (Wildman–Crippen MR) is 135 cm³/mol. The summed E-state index contributed by atoms with van der Waals surface area (Å²) < 4.78 is 5.39. The lowest BCUT2D eigenvalue weighted by Gasteiger charge is -2.28. The highest BCUT2D eigenvalue weighted by Gasteiger charge is 2.40. The molecule has 2 aliphatic heterocycles. The second-order valence-electron chi connectivity index (χ2n) is 8.50. The van der Waals surface area contributed by atoms with Crippen LogP contribution in [0.25, 0.3) is 11.0 Å². The third-order valence-electron chi connectivity index (χ3n) is 6.27. The number of carbonyl (C=O) groups excluding carboxylic acids is 3. The fourth-order valence-corrected chi connectivity index (χ4v) is 4.38. The molecule has 2 aliphatic rings. The van der Waals surface area contributed by atoms with Crippen LogP contribution in [-0.2, 0) is 4.74 Å². The van der Waals surface area contributed by atoms with Crippen molar-refractivity contribution >= 4 is 45.8 Å². The second kappa shape index (κ2) is 8.86. The molecule has 1 aromatic heterocycles. The van der Waals surface area contributed by atoms with Gasteiger partial charge in [-0.05, 0) is 60.7 Å². The Morgan fingerprint density at radius 2 is 1.31 bits per heavy atom. The minimum Gasteiger partial charge on any atom is -0.378 e. The van der Waals surface area contributed by atoms with E-state index >= 15 is 0 Å². The molecule has 9 heteroatoms. The van der Waals surface area contributed by atoms with Crippen LogP contribution in [0.1, 0.15) is 31.3 Å². The van der Waals surface area contributed by atoms with E-state index in [9.17, 15) is 14.4 Å². The molecule has 36 heavy (non-hydrogen) atoms. The highest BCUT2D eigenvalue weighted by molar-refractivity contribution is 6.33. The summed E-state index contributed by atoms with van der Waals surface area (Å²) in [5.41, 5.74) is 3.65. The number of amides is 3. The SMILES string of the molecule is O=C(Nc1ccc(N2CCOCC2)cc1)c1ccc(N2C(=O)c3nc4ccccc4nc3C2=O)cc1. The van der Waals surface area contributed by atoms with E-state index in [1.54, 1.807) is 48.5 Å². The molecular formula is C27H21N5O4. The Labute approximate surface area is 206 Å². The van der Waals surface area contributed by atoms with Crippen molar-refractivity contribution in [3.8, 4) is 0 Å². The van der Waals surface area contributed by atoms with Crippen LogP contribution in [0, 0.1) is 0 Å². The number of nitrogens with zero attached hydrogens (tertiary/aromatic N) is 4. The van der Waals surface area contributed by atoms with Gasteiger partial charge in [0.1, 0.15) is 0 Å². The van der Waals surface area contributed by atoms with Gasteiger partial charge >= 0.3 is 0 Å². The summed E-state index contributed by atoms with van der Waals surface area (Å²) in [6, 6.07) is 21.0. The lowest BCUT2D eigenvalue weighted by Crippen LogP contribution is -2.36. The maximum Gasteiger partial charge on any atom is 0.286 e. The maximum atomic E-state index is 13.0. The minimum absolute atomic E-state index is 0.0287. The molecule has 1 N–H and O–H groups in total. The number of imide groups is 1. The van der Waals surface area contributed by atoms with E-state index in [0.29, 0.717) is 41.2 Å². The van der Waals surface area contributed by atoms with Crippen molar-refractivity contribution in [2.75, 3.05) is 41.4 Å². The lowest BCUT2D eigenvalue weighted by atomic mass is 10.1. The van der Waals surface area contributed by atoms with Crippen LogP contribution in [0.2, 0.25) is 0 Å². The Hall–Kier alpha value is -4.63. The molecule has 178 valence electrons. The number of fused-ring (bicyclic) bond motifs is 2. The lowest BCUT2D eigenvalue weighted by molar-refractivity contribution is 0.0922. The fourth-order valence-electron chi connectivity index (χ4n) is 4.38. The topological polar surface area (TPSA) is 105 Å². The third kappa shape index (κ3) is 3.85. The van der Waals surface area contributed by atoms with Crippen molar-refractivity contribution in [2.24, 2.45) is 0 Å². The van der Waals surface area contributed by atoms with E-state index in [4.69, 9.17) is 4.74 Å². The van der Waals surface area contributed by atoms with E-state index < -0.39 is 11.8 Å². The molecule has 0 saturated carbocycles. The van der Waals surface area contributed by atoms with E-state index in [1.807, 2.05) is 24.3 Å². The van der Waals surface area contributed by atoms with Gasteiger partial charge in [0.2, 0.25) is 0 Å². The molecule has 3 aromatic carbocycles. The molecule has 0 bridgehead atoms. The molecule has 3 heterocycles. The number of anilines is 3. The number of aromatic nitrogens is 2. The normalized spacial score (nSPS) is 15.3. The number of carbonyl (C=O) groups is 3. The first-order chi connectivity index (χ1) is 17.6. The van der Waals surface area contributed by atoms with Crippen molar-refractivity contribution in [1.29, 1.82) is 0 Å². The van der Waals surface area contributed by atoms with Crippen LogP contribution >= 0.6 is 0 Å². The third-order valence-corrected chi connectivity index (χ3v) is 6.27. The molecule has 9 nitrogen and oxygen atoms in total. The Morgan fingerprint density at radius 1 is 0.750 bits per heavy atom. The highest BCUT2D eigenvalue weighted by atomic mass is 16.5. The van der Waals surface area contributed by atoms with Crippen LogP contribution in [-0.4, -0.2) is 54.0 Å². The summed E-state index contributed by atoms with van der Waals surface area (Å²) in [7, 11) is 0. The smallest absolute Gasteiger partial charge is 0.286 e. The van der Waals surface area contributed by atoms with Gasteiger partial charge in [0.05, 0.1) is 29.9 Å². The molecule has 1 saturated heterocycles. The summed E-state index contributed by atoms with van der Waals surface area (Å²) in [5, 5.41) is 2.88. The molecule has 0 radical (unpaired) electrons. The first-order valence-electron chi connectivity index (χ1n) is 11.6. The monoisotopic (exact) mass is 479 g/mol. The number of nitrogens with one attached hydrogen (secondary N) is 1. The number of hydrogen-bond donors (Lipinski definition) is 1. The van der Waals surface area contributed by atoms with Crippen LogP contribution < -0.4 is 15.1 Å². The quantitative estimate of drug-likeness (QED) is 0.447. The second-order valence-corrected chi connectivity index (χ2v) is 8.50. The van der Waals surface area contributed by atoms with Gasteiger partial charge in [0.25, 0.3) is 17.7 Å². The van der Waals surface area contributed by atoms with E-state index in [-0.39, 0.29) is 17.3 Å². The van der Waals surface area contributed by atoms with E-state index in [1.165, 1.54) is 0 Å². The summed E-state index contributed by atoms with van der Waals surface area (Å²) in [6.45, 7) is 3.10. The number of rotatable bonds is 4. The van der Waals surface area contributed by atoms with Crippen molar-refractivity contribution in [3.05, 3.63) is 89.7 Å². The average Bonchev–Trinajstić information content (AvgIpc) is 3.17. The van der Waals surface area contributed by atoms with Crippen LogP contribution in [0.15, 0.2) is 72.8 Å². The maximum absolute atomic E-state index is 13.0. The molecule has 4 aromatic rings. The van der Waals surface area contributed by atoms with Crippen molar-refractivity contribution < 1.29 is 19.1 Å². The molecular weight excluding hydrogens is 458 g/mol. The minimum atomic E-state index is -0.536. The summed E-state index contributed by atoms with van der Waals surface area (Å²) in [5.74, 6) is -1.37. The van der Waals surface area contributed by atoms with Gasteiger partial charge in [-0.1, -0.05) is 12.1 Å².